The van der Waals surface area contributed by atoms with E-state index in [2.05, 4.69) is 18.7 Å². The maximum atomic E-state index is 11.4. The van der Waals surface area contributed by atoms with Crippen molar-refractivity contribution in [3.63, 3.8) is 0 Å². The Morgan fingerprint density at radius 1 is 1.32 bits per heavy atom. The summed E-state index contributed by atoms with van der Waals surface area (Å²) in [6.45, 7) is 6.29. The average molecular weight is 260 g/mol. The van der Waals surface area contributed by atoms with Crippen molar-refractivity contribution in [2.45, 2.75) is 32.3 Å². The predicted molar refractivity (Wildman–Crippen MR) is 73.5 cm³/mol. The van der Waals surface area contributed by atoms with Gasteiger partial charge in [-0.2, -0.15) is 0 Å². The van der Waals surface area contributed by atoms with Gasteiger partial charge in [0.2, 0.25) is 0 Å². The van der Waals surface area contributed by atoms with E-state index in [-0.39, 0.29) is 18.0 Å². The zero-order valence-corrected chi connectivity index (χ0v) is 11.3. The van der Waals surface area contributed by atoms with Gasteiger partial charge in [0, 0.05) is 5.92 Å². The molecule has 0 bridgehead atoms. The fourth-order valence-corrected chi connectivity index (χ4v) is 2.34. The summed E-state index contributed by atoms with van der Waals surface area (Å²) in [7, 11) is 0. The van der Waals surface area contributed by atoms with Crippen LogP contribution in [-0.2, 0) is 20.7 Å². The zero-order valence-electron chi connectivity index (χ0n) is 11.3. The van der Waals surface area contributed by atoms with Gasteiger partial charge in [0.25, 0.3) is 0 Å². The highest BCUT2D eigenvalue weighted by Gasteiger charge is 2.22. The first-order valence-corrected chi connectivity index (χ1v) is 6.70. The van der Waals surface area contributed by atoms with E-state index in [1.54, 1.807) is 0 Å². The summed E-state index contributed by atoms with van der Waals surface area (Å²) in [5.74, 6) is 0.748. The highest BCUT2D eigenvalue weighted by molar-refractivity contribution is 5.69. The summed E-state index contributed by atoms with van der Waals surface area (Å²) >= 11 is 0. The van der Waals surface area contributed by atoms with Crippen LogP contribution in [0.2, 0.25) is 0 Å². The van der Waals surface area contributed by atoms with Gasteiger partial charge in [-0.15, -0.1) is 0 Å². The Kier molecular flexibility index (Phi) is 4.61. The number of rotatable bonds is 2. The Labute approximate surface area is 114 Å². The van der Waals surface area contributed by atoms with Gasteiger partial charge in [0.1, 0.15) is 0 Å². The Bertz CT molecular complexity index is 439. The third-order valence-corrected chi connectivity index (χ3v) is 3.32. The van der Waals surface area contributed by atoms with E-state index < -0.39 is 0 Å². The molecule has 1 fully saturated rings. The first-order chi connectivity index (χ1) is 9.15. The molecule has 0 N–H and O–H groups in total. The third kappa shape index (κ3) is 4.12. The van der Waals surface area contributed by atoms with Gasteiger partial charge in [-0.25, -0.2) is 0 Å². The molecule has 1 aromatic rings. The number of carbonyl (C=O) groups excluding carboxylic acids is 1. The maximum Gasteiger partial charge on any atom is 0.309 e. The topological polar surface area (TPSA) is 35.5 Å². The molecule has 102 valence electrons. The van der Waals surface area contributed by atoms with E-state index in [9.17, 15) is 4.79 Å². The summed E-state index contributed by atoms with van der Waals surface area (Å²) in [5, 5.41) is 0. The molecule has 19 heavy (non-hydrogen) atoms. The van der Waals surface area contributed by atoms with Crippen molar-refractivity contribution in [2.75, 3.05) is 6.61 Å². The summed E-state index contributed by atoms with van der Waals surface area (Å²) in [6, 6.07) is 10.2. The Balaban J connectivity index is 2.07. The molecule has 0 spiro atoms. The van der Waals surface area contributed by atoms with Crippen molar-refractivity contribution in [1.29, 1.82) is 0 Å². The first kappa shape index (κ1) is 13.7. The minimum atomic E-state index is -0.194. The number of cyclic esters (lactones) is 1. The molecule has 0 saturated carbocycles. The van der Waals surface area contributed by atoms with Crippen LogP contribution in [-0.4, -0.2) is 18.7 Å². The lowest BCUT2D eigenvalue weighted by Gasteiger charge is -2.21. The molecule has 1 aromatic carbocycles. The van der Waals surface area contributed by atoms with Gasteiger partial charge >= 0.3 is 5.97 Å². The van der Waals surface area contributed by atoms with Gasteiger partial charge < -0.3 is 9.47 Å². The molecule has 1 aliphatic heterocycles. The normalized spacial score (nSPS) is 24.7. The van der Waals surface area contributed by atoms with E-state index in [4.69, 9.17) is 9.47 Å². The number of ether oxygens (including phenoxy) is 2. The smallest absolute Gasteiger partial charge is 0.309 e. The minimum Gasteiger partial charge on any atom is -0.498 e. The van der Waals surface area contributed by atoms with Gasteiger partial charge in [0.15, 0.2) is 0 Å². The van der Waals surface area contributed by atoms with Crippen LogP contribution >= 0.6 is 0 Å². The van der Waals surface area contributed by atoms with Crippen LogP contribution in [0, 0.1) is 5.92 Å². The molecule has 2 rings (SSSR count). The number of hydrogen-bond donors (Lipinski definition) is 0. The molecule has 0 aliphatic carbocycles. The van der Waals surface area contributed by atoms with E-state index >= 15 is 0 Å². The van der Waals surface area contributed by atoms with Gasteiger partial charge in [-0.1, -0.05) is 36.9 Å². The minimum absolute atomic E-state index is 0.0975. The van der Waals surface area contributed by atoms with Crippen LogP contribution in [0.15, 0.2) is 42.7 Å². The van der Waals surface area contributed by atoms with Crippen LogP contribution in [0.1, 0.15) is 25.3 Å². The quantitative estimate of drug-likeness (QED) is 0.766. The number of hydrogen-bond acceptors (Lipinski definition) is 3. The van der Waals surface area contributed by atoms with Crippen molar-refractivity contribution < 1.29 is 14.3 Å². The van der Waals surface area contributed by atoms with Gasteiger partial charge in [0.05, 0.1) is 24.9 Å². The average Bonchev–Trinajstić information content (AvgIpc) is 2.43. The fourth-order valence-electron chi connectivity index (χ4n) is 2.34. The molecular weight excluding hydrogens is 240 g/mol. The highest BCUT2D eigenvalue weighted by atomic mass is 16.5. The first-order valence-electron chi connectivity index (χ1n) is 6.70. The Morgan fingerprint density at radius 2 is 2.05 bits per heavy atom. The molecule has 0 unspecified atom stereocenters. The molecule has 1 saturated heterocycles. The van der Waals surface area contributed by atoms with E-state index in [0.29, 0.717) is 13.0 Å². The SMILES string of the molecule is C=C1OCCC(=O)O[C@@H](C)C[C@H]1Cc1ccccc1. The predicted octanol–water partition coefficient (Wildman–Crippen LogP) is 3.10. The van der Waals surface area contributed by atoms with Crippen LogP contribution in [0.4, 0.5) is 0 Å². The molecule has 0 amide bonds. The lowest BCUT2D eigenvalue weighted by Crippen LogP contribution is -2.19. The van der Waals surface area contributed by atoms with E-state index in [0.717, 1.165) is 18.6 Å². The van der Waals surface area contributed by atoms with Crippen LogP contribution in [0.3, 0.4) is 0 Å². The fraction of sp³-hybridized carbons (Fsp3) is 0.438. The van der Waals surface area contributed by atoms with Crippen LogP contribution in [0.25, 0.3) is 0 Å². The largest absolute Gasteiger partial charge is 0.498 e. The van der Waals surface area contributed by atoms with Crippen molar-refractivity contribution in [3.8, 4) is 0 Å². The summed E-state index contributed by atoms with van der Waals surface area (Å²) in [4.78, 5) is 11.4. The Hall–Kier alpha value is -1.77. The molecule has 0 radical (unpaired) electrons. The summed E-state index contributed by atoms with van der Waals surface area (Å²) < 4.78 is 10.9. The van der Waals surface area contributed by atoms with Crippen LogP contribution in [0.5, 0.6) is 0 Å². The second kappa shape index (κ2) is 6.41. The molecular formula is C16H20O3. The lowest BCUT2D eigenvalue weighted by molar-refractivity contribution is -0.148. The van der Waals surface area contributed by atoms with E-state index in [1.807, 2.05) is 25.1 Å². The van der Waals surface area contributed by atoms with Gasteiger partial charge in [-0.3, -0.25) is 4.79 Å². The van der Waals surface area contributed by atoms with Crippen molar-refractivity contribution in [1.82, 2.24) is 0 Å². The standard InChI is InChI=1S/C16H20O3/c1-12-10-15(11-14-6-4-3-5-7-14)13(2)18-9-8-16(17)19-12/h3-7,12,15H,2,8-11H2,1H3/t12-,15-/m0/s1. The molecule has 1 aliphatic rings. The van der Waals surface area contributed by atoms with E-state index in [1.165, 1.54) is 5.56 Å². The van der Waals surface area contributed by atoms with Crippen molar-refractivity contribution >= 4 is 5.97 Å². The zero-order chi connectivity index (χ0) is 13.7. The van der Waals surface area contributed by atoms with Crippen molar-refractivity contribution in [3.05, 3.63) is 48.2 Å². The Morgan fingerprint density at radius 3 is 2.79 bits per heavy atom. The number of benzene rings is 1. The second-order valence-corrected chi connectivity index (χ2v) is 4.99. The molecule has 2 atom stereocenters. The monoisotopic (exact) mass is 260 g/mol. The molecule has 0 aromatic heterocycles. The lowest BCUT2D eigenvalue weighted by atomic mass is 9.92. The van der Waals surface area contributed by atoms with Crippen molar-refractivity contribution in [2.24, 2.45) is 5.92 Å². The molecule has 1 heterocycles. The second-order valence-electron chi connectivity index (χ2n) is 4.99. The maximum absolute atomic E-state index is 11.4. The number of carbonyl (C=O) groups is 1. The number of allylic oxidation sites excluding steroid dienone is 1. The highest BCUT2D eigenvalue weighted by Crippen LogP contribution is 2.24. The molecule has 3 heteroatoms. The van der Waals surface area contributed by atoms with Crippen LogP contribution < -0.4 is 0 Å². The molecule has 3 nitrogen and oxygen atoms in total. The summed E-state index contributed by atoms with van der Waals surface area (Å²) in [6.07, 6.45) is 1.81. The third-order valence-electron chi connectivity index (χ3n) is 3.32. The number of esters is 1. The summed E-state index contributed by atoms with van der Waals surface area (Å²) in [5.41, 5.74) is 1.25. The van der Waals surface area contributed by atoms with Gasteiger partial charge in [-0.05, 0) is 25.3 Å².